The molecule has 1 heterocycles. The Morgan fingerprint density at radius 3 is 2.63 bits per heavy atom. The number of rotatable bonds is 3. The minimum atomic E-state index is -1.09. The van der Waals surface area contributed by atoms with E-state index >= 15 is 0 Å². The quantitative estimate of drug-likeness (QED) is 0.896. The maximum atomic E-state index is 11.8. The molecular formula is C12H8ClN3O3. The Labute approximate surface area is 113 Å². The smallest absolute Gasteiger partial charge is 0.335 e. The summed E-state index contributed by atoms with van der Waals surface area (Å²) in [7, 11) is 0. The highest BCUT2D eigenvalue weighted by Gasteiger charge is 2.11. The number of benzene rings is 1. The molecule has 0 spiro atoms. The van der Waals surface area contributed by atoms with Crippen LogP contribution in [0.3, 0.4) is 0 Å². The van der Waals surface area contributed by atoms with E-state index < -0.39 is 11.9 Å². The average molecular weight is 278 g/mol. The molecule has 0 saturated carbocycles. The monoisotopic (exact) mass is 277 g/mol. The van der Waals surface area contributed by atoms with Crippen molar-refractivity contribution in [1.29, 1.82) is 0 Å². The number of hydrogen-bond donors (Lipinski definition) is 2. The van der Waals surface area contributed by atoms with Crippen LogP contribution in [0.25, 0.3) is 0 Å². The lowest BCUT2D eigenvalue weighted by molar-refractivity contribution is 0.0696. The second kappa shape index (κ2) is 5.45. The molecule has 0 fully saturated rings. The Hall–Kier alpha value is -2.47. The van der Waals surface area contributed by atoms with Gasteiger partial charge in [-0.2, -0.15) is 0 Å². The minimum absolute atomic E-state index is 0.0440. The number of nitrogens with one attached hydrogen (secondary N) is 1. The topological polar surface area (TPSA) is 92.2 Å². The van der Waals surface area contributed by atoms with Gasteiger partial charge in [0.25, 0.3) is 5.91 Å². The first-order valence-electron chi connectivity index (χ1n) is 5.18. The molecule has 19 heavy (non-hydrogen) atoms. The number of halogens is 1. The van der Waals surface area contributed by atoms with E-state index in [0.29, 0.717) is 5.69 Å². The van der Waals surface area contributed by atoms with Crippen LogP contribution < -0.4 is 5.32 Å². The predicted octanol–water partition coefficient (Wildman–Crippen LogP) is 2.08. The van der Waals surface area contributed by atoms with Crippen LogP contribution in [0, 0.1) is 0 Å². The Morgan fingerprint density at radius 1 is 1.26 bits per heavy atom. The highest BCUT2D eigenvalue weighted by molar-refractivity contribution is 6.34. The van der Waals surface area contributed by atoms with Gasteiger partial charge in [0, 0.05) is 12.4 Å². The third-order valence-electron chi connectivity index (χ3n) is 2.26. The van der Waals surface area contributed by atoms with Crippen LogP contribution in [0.2, 0.25) is 5.02 Å². The zero-order chi connectivity index (χ0) is 13.8. The third-order valence-corrected chi connectivity index (χ3v) is 2.57. The Balaban J connectivity index is 2.20. The first kappa shape index (κ1) is 13.0. The van der Waals surface area contributed by atoms with Crippen LogP contribution in [-0.2, 0) is 0 Å². The number of aromatic carboxylic acids is 1. The molecule has 96 valence electrons. The summed E-state index contributed by atoms with van der Waals surface area (Å²) in [6.45, 7) is 0. The van der Waals surface area contributed by atoms with Crippen LogP contribution in [0.15, 0.2) is 36.8 Å². The zero-order valence-electron chi connectivity index (χ0n) is 9.50. The fourth-order valence-electron chi connectivity index (χ4n) is 1.35. The van der Waals surface area contributed by atoms with Gasteiger partial charge in [0.2, 0.25) is 0 Å². The molecule has 2 rings (SSSR count). The van der Waals surface area contributed by atoms with Crippen molar-refractivity contribution in [3.8, 4) is 0 Å². The van der Waals surface area contributed by atoms with E-state index in [-0.39, 0.29) is 16.3 Å². The first-order chi connectivity index (χ1) is 9.08. The second-order valence-corrected chi connectivity index (χ2v) is 3.95. The lowest BCUT2D eigenvalue weighted by Gasteiger charge is -2.07. The number of carboxylic acids is 1. The Bertz CT molecular complexity index is 631. The number of aromatic nitrogens is 2. The highest BCUT2D eigenvalue weighted by Crippen LogP contribution is 2.23. The van der Waals surface area contributed by atoms with Crippen molar-refractivity contribution in [2.75, 3.05) is 5.32 Å². The van der Waals surface area contributed by atoms with E-state index in [1.165, 1.54) is 36.8 Å². The number of hydrogen-bond acceptors (Lipinski definition) is 4. The van der Waals surface area contributed by atoms with Gasteiger partial charge in [0.05, 0.1) is 22.5 Å². The van der Waals surface area contributed by atoms with Gasteiger partial charge in [-0.15, -0.1) is 0 Å². The summed E-state index contributed by atoms with van der Waals surface area (Å²) in [5, 5.41) is 11.5. The molecule has 1 aromatic heterocycles. The Kier molecular flexibility index (Phi) is 3.72. The third kappa shape index (κ3) is 3.05. The van der Waals surface area contributed by atoms with Crippen molar-refractivity contribution in [2.24, 2.45) is 0 Å². The van der Waals surface area contributed by atoms with Crippen molar-refractivity contribution in [2.45, 2.75) is 0 Å². The van der Waals surface area contributed by atoms with Gasteiger partial charge >= 0.3 is 5.97 Å². The van der Waals surface area contributed by atoms with E-state index in [9.17, 15) is 9.59 Å². The van der Waals surface area contributed by atoms with Crippen molar-refractivity contribution in [3.63, 3.8) is 0 Å². The highest BCUT2D eigenvalue weighted by atomic mass is 35.5. The number of anilines is 1. The number of nitrogens with zero attached hydrogens (tertiary/aromatic N) is 2. The van der Waals surface area contributed by atoms with E-state index in [1.807, 2.05) is 0 Å². The van der Waals surface area contributed by atoms with Crippen molar-refractivity contribution >= 4 is 29.2 Å². The molecule has 0 aliphatic heterocycles. The van der Waals surface area contributed by atoms with Gasteiger partial charge in [-0.3, -0.25) is 9.78 Å². The number of carbonyl (C=O) groups excluding carboxylic acids is 1. The zero-order valence-corrected chi connectivity index (χ0v) is 10.3. The van der Waals surface area contributed by atoms with E-state index in [1.54, 1.807) is 0 Å². The molecule has 0 saturated heterocycles. The van der Waals surface area contributed by atoms with E-state index in [2.05, 4.69) is 15.3 Å². The van der Waals surface area contributed by atoms with Gasteiger partial charge in [-0.05, 0) is 18.2 Å². The lowest BCUT2D eigenvalue weighted by atomic mass is 10.2. The van der Waals surface area contributed by atoms with Crippen molar-refractivity contribution in [3.05, 3.63) is 53.1 Å². The summed E-state index contributed by atoms with van der Waals surface area (Å²) >= 11 is 5.89. The molecule has 1 aromatic carbocycles. The molecule has 0 atom stereocenters. The summed E-state index contributed by atoms with van der Waals surface area (Å²) in [6.07, 6.45) is 4.16. The van der Waals surface area contributed by atoms with Gasteiger partial charge in [-0.25, -0.2) is 9.78 Å². The second-order valence-electron chi connectivity index (χ2n) is 3.54. The summed E-state index contributed by atoms with van der Waals surface area (Å²) in [6, 6.07) is 4.02. The van der Waals surface area contributed by atoms with Gasteiger partial charge in [0.15, 0.2) is 0 Å². The normalized spacial score (nSPS) is 9.95. The molecular weight excluding hydrogens is 270 g/mol. The fourth-order valence-corrected chi connectivity index (χ4v) is 1.58. The van der Waals surface area contributed by atoms with Crippen molar-refractivity contribution < 1.29 is 14.7 Å². The van der Waals surface area contributed by atoms with Gasteiger partial charge in [-0.1, -0.05) is 11.6 Å². The summed E-state index contributed by atoms with van der Waals surface area (Å²) in [5.74, 6) is -1.56. The largest absolute Gasteiger partial charge is 0.478 e. The number of carbonyl (C=O) groups is 2. The van der Waals surface area contributed by atoms with Crippen LogP contribution >= 0.6 is 11.6 Å². The van der Waals surface area contributed by atoms with Crippen LogP contribution in [0.5, 0.6) is 0 Å². The maximum absolute atomic E-state index is 11.8. The molecule has 0 bridgehead atoms. The molecule has 1 amide bonds. The molecule has 0 aliphatic carbocycles. The minimum Gasteiger partial charge on any atom is -0.478 e. The molecule has 0 unspecified atom stereocenters. The maximum Gasteiger partial charge on any atom is 0.335 e. The van der Waals surface area contributed by atoms with E-state index in [0.717, 1.165) is 0 Å². The van der Waals surface area contributed by atoms with Crippen LogP contribution in [-0.4, -0.2) is 27.0 Å². The van der Waals surface area contributed by atoms with E-state index in [4.69, 9.17) is 16.7 Å². The Morgan fingerprint density at radius 2 is 2.05 bits per heavy atom. The standard InChI is InChI=1S/C12H8ClN3O3/c13-8-5-7(12(18)19)1-2-9(8)16-11(17)10-6-14-3-4-15-10/h1-6H,(H,16,17)(H,18,19). The first-order valence-corrected chi connectivity index (χ1v) is 5.56. The molecule has 7 heteroatoms. The molecule has 2 aromatic rings. The number of carboxylic acid groups (broad SMARTS) is 1. The lowest BCUT2D eigenvalue weighted by Crippen LogP contribution is -2.14. The molecule has 0 radical (unpaired) electrons. The summed E-state index contributed by atoms with van der Waals surface area (Å²) < 4.78 is 0. The van der Waals surface area contributed by atoms with Crippen molar-refractivity contribution in [1.82, 2.24) is 9.97 Å². The average Bonchev–Trinajstić information content (AvgIpc) is 2.41. The van der Waals surface area contributed by atoms with Crippen LogP contribution in [0.1, 0.15) is 20.8 Å². The van der Waals surface area contributed by atoms with Gasteiger partial charge in [0.1, 0.15) is 5.69 Å². The van der Waals surface area contributed by atoms with Crippen LogP contribution in [0.4, 0.5) is 5.69 Å². The molecule has 0 aliphatic rings. The number of amides is 1. The van der Waals surface area contributed by atoms with Gasteiger partial charge < -0.3 is 10.4 Å². The fraction of sp³-hybridized carbons (Fsp3) is 0. The SMILES string of the molecule is O=C(O)c1ccc(NC(=O)c2cnccn2)c(Cl)c1. The molecule has 6 nitrogen and oxygen atoms in total. The summed E-state index contributed by atoms with van der Waals surface area (Å²) in [4.78, 5) is 30.2. The summed E-state index contributed by atoms with van der Waals surface area (Å²) in [5.41, 5.74) is 0.491. The molecule has 2 N–H and O–H groups in total. The predicted molar refractivity (Wildman–Crippen MR) is 68.4 cm³/mol.